The molecule has 0 radical (unpaired) electrons. The lowest BCUT2D eigenvalue weighted by Crippen LogP contribution is -2.35. The van der Waals surface area contributed by atoms with Gasteiger partial charge in [-0.3, -0.25) is 14.3 Å². The number of carbonyl (C=O) groups is 2. The summed E-state index contributed by atoms with van der Waals surface area (Å²) in [6.07, 6.45) is 0. The number of amides is 2. The number of hydrogen-bond acceptors (Lipinski definition) is 3. The zero-order chi connectivity index (χ0) is 17.9. The molecule has 24 heavy (non-hydrogen) atoms. The molecule has 0 unspecified atom stereocenters. The molecule has 1 aromatic heterocycles. The quantitative estimate of drug-likeness (QED) is 0.839. The van der Waals surface area contributed by atoms with Crippen LogP contribution in [0.25, 0.3) is 0 Å². The fourth-order valence-corrected chi connectivity index (χ4v) is 2.32. The standard InChI is InChI=1S/C16H18F2N4O2/c1-4-22-10(3)12(9(2)21-22)8-19-15(23)16(24)20-14-7-11(17)5-6-13(14)18/h5-7H,4,8H2,1-3H3,(H,19,23)(H,20,24). The summed E-state index contributed by atoms with van der Waals surface area (Å²) in [4.78, 5) is 23.6. The molecule has 2 amide bonds. The molecule has 2 N–H and O–H groups in total. The Morgan fingerprint density at radius 2 is 1.92 bits per heavy atom. The summed E-state index contributed by atoms with van der Waals surface area (Å²) in [7, 11) is 0. The molecule has 2 aromatic rings. The predicted molar refractivity (Wildman–Crippen MR) is 84.2 cm³/mol. The molecule has 8 heteroatoms. The van der Waals surface area contributed by atoms with Crippen molar-refractivity contribution in [3.05, 3.63) is 46.8 Å². The highest BCUT2D eigenvalue weighted by Crippen LogP contribution is 2.15. The number of nitrogens with zero attached hydrogens (tertiary/aromatic N) is 2. The SMILES string of the molecule is CCn1nc(C)c(CNC(=O)C(=O)Nc2cc(F)ccc2F)c1C. The zero-order valence-corrected chi connectivity index (χ0v) is 13.6. The number of aromatic nitrogens is 2. The first-order valence-corrected chi connectivity index (χ1v) is 7.40. The smallest absolute Gasteiger partial charge is 0.313 e. The minimum absolute atomic E-state index is 0.121. The number of hydrogen-bond donors (Lipinski definition) is 2. The van der Waals surface area contributed by atoms with Crippen LogP contribution >= 0.6 is 0 Å². The second kappa shape index (κ2) is 7.20. The van der Waals surface area contributed by atoms with E-state index in [4.69, 9.17) is 0 Å². The van der Waals surface area contributed by atoms with Gasteiger partial charge in [0.25, 0.3) is 0 Å². The number of aryl methyl sites for hydroxylation is 2. The summed E-state index contributed by atoms with van der Waals surface area (Å²) < 4.78 is 28.3. The molecule has 128 valence electrons. The van der Waals surface area contributed by atoms with E-state index in [2.05, 4.69) is 10.4 Å². The molecule has 6 nitrogen and oxygen atoms in total. The second-order valence-corrected chi connectivity index (χ2v) is 5.23. The number of carbonyl (C=O) groups excluding carboxylic acids is 2. The van der Waals surface area contributed by atoms with Crippen LogP contribution in [0.2, 0.25) is 0 Å². The van der Waals surface area contributed by atoms with Gasteiger partial charge in [0.1, 0.15) is 11.6 Å². The van der Waals surface area contributed by atoms with Gasteiger partial charge in [0.2, 0.25) is 0 Å². The molecule has 0 saturated heterocycles. The van der Waals surface area contributed by atoms with Crippen molar-refractivity contribution in [1.82, 2.24) is 15.1 Å². The van der Waals surface area contributed by atoms with E-state index in [1.165, 1.54) is 0 Å². The third-order valence-corrected chi connectivity index (χ3v) is 3.64. The van der Waals surface area contributed by atoms with Gasteiger partial charge >= 0.3 is 11.8 Å². The Bertz CT molecular complexity index is 787. The average molecular weight is 336 g/mol. The van der Waals surface area contributed by atoms with E-state index in [0.29, 0.717) is 6.54 Å². The van der Waals surface area contributed by atoms with Crippen molar-refractivity contribution in [3.63, 3.8) is 0 Å². The van der Waals surface area contributed by atoms with Gasteiger partial charge in [0.05, 0.1) is 11.4 Å². The fourth-order valence-electron chi connectivity index (χ4n) is 2.32. The van der Waals surface area contributed by atoms with E-state index in [-0.39, 0.29) is 12.2 Å². The number of nitrogens with one attached hydrogen (secondary N) is 2. The van der Waals surface area contributed by atoms with Crippen molar-refractivity contribution < 1.29 is 18.4 Å². The second-order valence-electron chi connectivity index (χ2n) is 5.23. The van der Waals surface area contributed by atoms with E-state index in [0.717, 1.165) is 35.2 Å². The van der Waals surface area contributed by atoms with Crippen LogP contribution in [0.15, 0.2) is 18.2 Å². The maximum Gasteiger partial charge on any atom is 0.313 e. The predicted octanol–water partition coefficient (Wildman–Crippen LogP) is 2.05. The molecule has 0 aliphatic heterocycles. The van der Waals surface area contributed by atoms with Crippen LogP contribution in [0.3, 0.4) is 0 Å². The van der Waals surface area contributed by atoms with E-state index < -0.39 is 23.4 Å². The van der Waals surface area contributed by atoms with Crippen molar-refractivity contribution in [2.24, 2.45) is 0 Å². The number of benzene rings is 1. The van der Waals surface area contributed by atoms with E-state index in [1.807, 2.05) is 26.1 Å². The van der Waals surface area contributed by atoms with Crippen LogP contribution in [0.1, 0.15) is 23.9 Å². The van der Waals surface area contributed by atoms with E-state index in [1.54, 1.807) is 4.68 Å². The summed E-state index contributed by atoms with van der Waals surface area (Å²) in [6, 6.07) is 2.59. The normalized spacial score (nSPS) is 10.5. The molecule has 0 aliphatic rings. The minimum atomic E-state index is -1.07. The molecule has 0 aliphatic carbocycles. The largest absolute Gasteiger partial charge is 0.344 e. The summed E-state index contributed by atoms with van der Waals surface area (Å²) in [5.41, 5.74) is 2.08. The third kappa shape index (κ3) is 3.76. The molecule has 0 spiro atoms. The molecule has 0 bridgehead atoms. The van der Waals surface area contributed by atoms with Gasteiger partial charge < -0.3 is 10.6 Å². The van der Waals surface area contributed by atoms with Gasteiger partial charge in [-0.05, 0) is 32.9 Å². The van der Waals surface area contributed by atoms with Gasteiger partial charge in [0, 0.05) is 30.4 Å². The van der Waals surface area contributed by atoms with Crippen LogP contribution in [0.5, 0.6) is 0 Å². The highest BCUT2D eigenvalue weighted by Gasteiger charge is 2.18. The van der Waals surface area contributed by atoms with Crippen LogP contribution < -0.4 is 10.6 Å². The Labute approximate surface area is 137 Å². The Morgan fingerprint density at radius 3 is 2.54 bits per heavy atom. The van der Waals surface area contributed by atoms with Crippen molar-refractivity contribution in [2.75, 3.05) is 5.32 Å². The fraction of sp³-hybridized carbons (Fsp3) is 0.312. The van der Waals surface area contributed by atoms with E-state index in [9.17, 15) is 18.4 Å². The van der Waals surface area contributed by atoms with Crippen molar-refractivity contribution in [2.45, 2.75) is 33.9 Å². The first-order chi connectivity index (χ1) is 11.3. The Hall–Kier alpha value is -2.77. The van der Waals surface area contributed by atoms with Gasteiger partial charge in [-0.2, -0.15) is 5.10 Å². The Balaban J connectivity index is 2.01. The minimum Gasteiger partial charge on any atom is -0.344 e. The van der Waals surface area contributed by atoms with Gasteiger partial charge in [-0.15, -0.1) is 0 Å². The maximum atomic E-state index is 13.5. The summed E-state index contributed by atoms with van der Waals surface area (Å²) in [5, 5.41) is 8.81. The van der Waals surface area contributed by atoms with Crippen LogP contribution in [-0.4, -0.2) is 21.6 Å². The zero-order valence-electron chi connectivity index (χ0n) is 13.6. The number of anilines is 1. The molecule has 0 saturated carbocycles. The monoisotopic (exact) mass is 336 g/mol. The number of rotatable bonds is 4. The first kappa shape index (κ1) is 17.6. The number of halogens is 2. The van der Waals surface area contributed by atoms with Crippen molar-refractivity contribution in [1.29, 1.82) is 0 Å². The summed E-state index contributed by atoms with van der Waals surface area (Å²) >= 11 is 0. The molecule has 0 fully saturated rings. The molecule has 1 aromatic carbocycles. The Morgan fingerprint density at radius 1 is 1.21 bits per heavy atom. The molecular weight excluding hydrogens is 318 g/mol. The molecular formula is C16H18F2N4O2. The van der Waals surface area contributed by atoms with Crippen molar-refractivity contribution >= 4 is 17.5 Å². The highest BCUT2D eigenvalue weighted by atomic mass is 19.1. The van der Waals surface area contributed by atoms with Gasteiger partial charge in [0.15, 0.2) is 0 Å². The topological polar surface area (TPSA) is 76.0 Å². The van der Waals surface area contributed by atoms with Crippen LogP contribution in [0, 0.1) is 25.5 Å². The van der Waals surface area contributed by atoms with Gasteiger partial charge in [-0.1, -0.05) is 0 Å². The first-order valence-electron chi connectivity index (χ1n) is 7.40. The lowest BCUT2D eigenvalue weighted by Gasteiger charge is -2.08. The Kier molecular flexibility index (Phi) is 5.28. The third-order valence-electron chi connectivity index (χ3n) is 3.64. The maximum absolute atomic E-state index is 13.5. The van der Waals surface area contributed by atoms with Crippen molar-refractivity contribution in [3.8, 4) is 0 Å². The van der Waals surface area contributed by atoms with E-state index >= 15 is 0 Å². The average Bonchev–Trinajstić information content (AvgIpc) is 2.82. The summed E-state index contributed by atoms with van der Waals surface area (Å²) in [5.74, 6) is -3.56. The summed E-state index contributed by atoms with van der Waals surface area (Å²) in [6.45, 7) is 6.44. The lowest BCUT2D eigenvalue weighted by atomic mass is 10.2. The van der Waals surface area contributed by atoms with Gasteiger partial charge in [-0.25, -0.2) is 8.78 Å². The molecule has 2 rings (SSSR count). The lowest BCUT2D eigenvalue weighted by molar-refractivity contribution is -0.136. The highest BCUT2D eigenvalue weighted by molar-refractivity contribution is 6.39. The van der Waals surface area contributed by atoms with Crippen LogP contribution in [0.4, 0.5) is 14.5 Å². The molecule has 1 heterocycles. The van der Waals surface area contributed by atoms with Crippen LogP contribution in [-0.2, 0) is 22.7 Å². The molecule has 0 atom stereocenters.